The highest BCUT2D eigenvalue weighted by molar-refractivity contribution is 5.97. The van der Waals surface area contributed by atoms with Crippen LogP contribution in [0.3, 0.4) is 0 Å². The van der Waals surface area contributed by atoms with Crippen LogP contribution in [0.15, 0.2) is 79.3 Å². The molecule has 2 atom stereocenters. The van der Waals surface area contributed by atoms with Crippen LogP contribution in [-0.2, 0) is 28.8 Å². The molecule has 0 radical (unpaired) electrons. The number of aromatic nitrogens is 3. The standard InChI is InChI=1S/C30H27N3O3/c1-19-5-6-22(14-25(19)17-29-32-13-11-26(33-29)24-4-3-12-31-18-24)16-27(34)23-9-7-21(8-10-23)15-28(35)30-20(2)36-30/h3-14,18,20,30H,15-17H2,1-2H3/t20-,30+/m0/s1. The molecular formula is C30H27N3O3. The number of aryl methyl sites for hydroxylation is 1. The maximum absolute atomic E-state index is 12.9. The highest BCUT2D eigenvalue weighted by Crippen LogP contribution is 2.24. The van der Waals surface area contributed by atoms with Crippen LogP contribution in [0.4, 0.5) is 0 Å². The van der Waals surface area contributed by atoms with Gasteiger partial charge in [-0.05, 0) is 54.3 Å². The zero-order valence-electron chi connectivity index (χ0n) is 20.3. The normalized spacial score (nSPS) is 16.5. The third-order valence-electron chi connectivity index (χ3n) is 6.47. The molecular weight excluding hydrogens is 450 g/mol. The Kier molecular flexibility index (Phi) is 6.78. The van der Waals surface area contributed by atoms with Crippen LogP contribution in [0.2, 0.25) is 0 Å². The highest BCUT2D eigenvalue weighted by Gasteiger charge is 2.40. The lowest BCUT2D eigenvalue weighted by Gasteiger charge is -2.10. The van der Waals surface area contributed by atoms with E-state index < -0.39 is 0 Å². The van der Waals surface area contributed by atoms with E-state index in [0.717, 1.165) is 39.3 Å². The van der Waals surface area contributed by atoms with E-state index in [1.807, 2.05) is 49.4 Å². The molecule has 0 amide bonds. The summed E-state index contributed by atoms with van der Waals surface area (Å²) in [4.78, 5) is 38.4. The Bertz CT molecular complexity index is 1400. The number of epoxide rings is 1. The molecule has 2 aromatic heterocycles. The van der Waals surface area contributed by atoms with E-state index in [1.165, 1.54) is 0 Å². The Hall–Kier alpha value is -4.03. The molecule has 6 heteroatoms. The first-order valence-corrected chi connectivity index (χ1v) is 12.1. The lowest BCUT2D eigenvalue weighted by Crippen LogP contribution is -2.12. The predicted molar refractivity (Wildman–Crippen MR) is 137 cm³/mol. The Balaban J connectivity index is 1.26. The smallest absolute Gasteiger partial charge is 0.168 e. The number of ketones is 2. The SMILES string of the molecule is Cc1ccc(CC(=O)c2ccc(CC(=O)[C@@H]3O[C@H]3C)cc2)cc1Cc1nccc(-c2cccnc2)n1. The highest BCUT2D eigenvalue weighted by atomic mass is 16.6. The summed E-state index contributed by atoms with van der Waals surface area (Å²) in [7, 11) is 0. The Morgan fingerprint density at radius 3 is 2.44 bits per heavy atom. The molecule has 6 nitrogen and oxygen atoms in total. The Morgan fingerprint density at radius 1 is 0.944 bits per heavy atom. The van der Waals surface area contributed by atoms with E-state index in [1.54, 1.807) is 30.7 Å². The molecule has 4 aromatic rings. The molecule has 5 rings (SSSR count). The number of pyridine rings is 1. The molecule has 0 N–H and O–H groups in total. The average Bonchev–Trinajstić information content (AvgIpc) is 3.64. The van der Waals surface area contributed by atoms with Crippen molar-refractivity contribution in [2.24, 2.45) is 0 Å². The number of carbonyl (C=O) groups excluding carboxylic acids is 2. The number of hydrogen-bond donors (Lipinski definition) is 0. The van der Waals surface area contributed by atoms with Crippen LogP contribution in [0.5, 0.6) is 0 Å². The number of Topliss-reactive ketones (excluding diaryl/α,β-unsaturated/α-hetero) is 2. The second kappa shape index (κ2) is 10.3. The molecule has 36 heavy (non-hydrogen) atoms. The average molecular weight is 478 g/mol. The molecule has 0 saturated carbocycles. The Morgan fingerprint density at radius 2 is 1.72 bits per heavy atom. The summed E-state index contributed by atoms with van der Waals surface area (Å²) in [5.41, 5.74) is 6.48. The van der Waals surface area contributed by atoms with Gasteiger partial charge >= 0.3 is 0 Å². The largest absolute Gasteiger partial charge is 0.362 e. The van der Waals surface area contributed by atoms with Gasteiger partial charge in [0, 0.05) is 49.0 Å². The van der Waals surface area contributed by atoms with Crippen molar-refractivity contribution in [3.05, 3.63) is 113 Å². The maximum atomic E-state index is 12.9. The molecule has 0 bridgehead atoms. The molecule has 3 heterocycles. The summed E-state index contributed by atoms with van der Waals surface area (Å²) in [6.07, 6.45) is 6.25. The minimum atomic E-state index is -0.273. The zero-order chi connectivity index (χ0) is 25.1. The molecule has 0 spiro atoms. The Labute approximate surface area is 210 Å². The first-order chi connectivity index (χ1) is 17.5. The van der Waals surface area contributed by atoms with Gasteiger partial charge in [-0.15, -0.1) is 0 Å². The van der Waals surface area contributed by atoms with Gasteiger partial charge in [0.1, 0.15) is 11.9 Å². The molecule has 180 valence electrons. The van der Waals surface area contributed by atoms with Crippen molar-refractivity contribution in [1.82, 2.24) is 15.0 Å². The van der Waals surface area contributed by atoms with Gasteiger partial charge in [-0.25, -0.2) is 9.97 Å². The number of benzene rings is 2. The van der Waals surface area contributed by atoms with Gasteiger partial charge in [-0.1, -0.05) is 42.5 Å². The monoisotopic (exact) mass is 477 g/mol. The summed E-state index contributed by atoms with van der Waals surface area (Å²) in [5.74, 6) is 0.847. The fraction of sp³-hybridized carbons (Fsp3) is 0.233. The predicted octanol–water partition coefficient (Wildman–Crippen LogP) is 4.76. The van der Waals surface area contributed by atoms with Crippen LogP contribution in [0, 0.1) is 6.92 Å². The van der Waals surface area contributed by atoms with Gasteiger partial charge in [-0.2, -0.15) is 0 Å². The fourth-order valence-corrected chi connectivity index (χ4v) is 4.28. The van der Waals surface area contributed by atoms with Crippen LogP contribution in [0.25, 0.3) is 11.3 Å². The molecule has 2 aromatic carbocycles. The van der Waals surface area contributed by atoms with Crippen molar-refractivity contribution < 1.29 is 14.3 Å². The maximum Gasteiger partial charge on any atom is 0.168 e. The quantitative estimate of drug-likeness (QED) is 0.255. The molecule has 1 saturated heterocycles. The van der Waals surface area contributed by atoms with E-state index in [4.69, 9.17) is 9.72 Å². The van der Waals surface area contributed by atoms with Gasteiger partial charge in [0.2, 0.25) is 0 Å². The number of carbonyl (C=O) groups is 2. The van der Waals surface area contributed by atoms with Crippen LogP contribution in [0.1, 0.15) is 45.4 Å². The van der Waals surface area contributed by atoms with Crippen LogP contribution < -0.4 is 0 Å². The van der Waals surface area contributed by atoms with Crippen LogP contribution in [-0.4, -0.2) is 38.7 Å². The summed E-state index contributed by atoms with van der Waals surface area (Å²) in [6.45, 7) is 3.95. The topological polar surface area (TPSA) is 85.3 Å². The first-order valence-electron chi connectivity index (χ1n) is 12.1. The molecule has 0 aliphatic carbocycles. The van der Waals surface area contributed by atoms with E-state index in [2.05, 4.69) is 23.0 Å². The van der Waals surface area contributed by atoms with E-state index in [0.29, 0.717) is 24.8 Å². The van der Waals surface area contributed by atoms with E-state index in [-0.39, 0.29) is 23.8 Å². The van der Waals surface area contributed by atoms with Gasteiger partial charge in [-0.3, -0.25) is 14.6 Å². The zero-order valence-corrected chi connectivity index (χ0v) is 20.3. The van der Waals surface area contributed by atoms with Crippen molar-refractivity contribution in [3.63, 3.8) is 0 Å². The summed E-state index contributed by atoms with van der Waals surface area (Å²) in [6, 6.07) is 19.1. The second-order valence-electron chi connectivity index (χ2n) is 9.24. The van der Waals surface area contributed by atoms with Gasteiger partial charge < -0.3 is 4.74 Å². The summed E-state index contributed by atoms with van der Waals surface area (Å²) >= 11 is 0. The van der Waals surface area contributed by atoms with Crippen molar-refractivity contribution in [3.8, 4) is 11.3 Å². The van der Waals surface area contributed by atoms with Crippen LogP contribution >= 0.6 is 0 Å². The van der Waals surface area contributed by atoms with Crippen molar-refractivity contribution in [2.45, 2.75) is 45.3 Å². The number of nitrogens with zero attached hydrogens (tertiary/aromatic N) is 3. The van der Waals surface area contributed by atoms with E-state index in [9.17, 15) is 9.59 Å². The van der Waals surface area contributed by atoms with Crippen molar-refractivity contribution in [1.29, 1.82) is 0 Å². The number of hydrogen-bond acceptors (Lipinski definition) is 6. The minimum absolute atomic E-state index is 0.0226. The minimum Gasteiger partial charge on any atom is -0.362 e. The lowest BCUT2D eigenvalue weighted by molar-refractivity contribution is -0.119. The van der Waals surface area contributed by atoms with Crippen molar-refractivity contribution >= 4 is 11.6 Å². The molecule has 1 fully saturated rings. The molecule has 1 aliphatic heterocycles. The third kappa shape index (κ3) is 5.61. The third-order valence-corrected chi connectivity index (χ3v) is 6.47. The van der Waals surface area contributed by atoms with Gasteiger partial charge in [0.15, 0.2) is 11.6 Å². The van der Waals surface area contributed by atoms with E-state index >= 15 is 0 Å². The summed E-state index contributed by atoms with van der Waals surface area (Å²) in [5, 5.41) is 0. The summed E-state index contributed by atoms with van der Waals surface area (Å²) < 4.78 is 5.25. The number of rotatable bonds is 9. The number of ether oxygens (including phenoxy) is 1. The first kappa shape index (κ1) is 23.7. The second-order valence-corrected chi connectivity index (χ2v) is 9.24. The van der Waals surface area contributed by atoms with Crippen molar-refractivity contribution in [2.75, 3.05) is 0 Å². The molecule has 1 aliphatic rings. The lowest BCUT2D eigenvalue weighted by atomic mass is 9.96. The fourth-order valence-electron chi connectivity index (χ4n) is 4.28. The molecule has 0 unspecified atom stereocenters. The van der Waals surface area contributed by atoms with Gasteiger partial charge in [0.25, 0.3) is 0 Å². The van der Waals surface area contributed by atoms with Gasteiger partial charge in [0.05, 0.1) is 11.8 Å².